The molecule has 1 N–H and O–H groups in total. The lowest BCUT2D eigenvalue weighted by Gasteiger charge is -2.18. The number of methoxy groups -OCH3 is 1. The molecular weight excluding hydrogens is 444 g/mol. The summed E-state index contributed by atoms with van der Waals surface area (Å²) in [6.45, 7) is 9.25. The first-order chi connectivity index (χ1) is 16.9. The number of carbonyl (C=O) groups is 2. The Morgan fingerprint density at radius 2 is 1.63 bits per heavy atom. The van der Waals surface area contributed by atoms with Crippen LogP contribution in [0.4, 0.5) is 5.69 Å². The fraction of sp³-hybridized carbons (Fsp3) is 0.333. The van der Waals surface area contributed by atoms with Gasteiger partial charge in [0.25, 0.3) is 5.91 Å². The zero-order valence-electron chi connectivity index (χ0n) is 20.9. The van der Waals surface area contributed by atoms with E-state index in [0.29, 0.717) is 43.0 Å². The molecule has 0 spiro atoms. The van der Waals surface area contributed by atoms with Crippen molar-refractivity contribution in [1.29, 1.82) is 0 Å². The predicted molar refractivity (Wildman–Crippen MR) is 135 cm³/mol. The number of nitrogens with one attached hydrogen (secondary N) is 1. The van der Waals surface area contributed by atoms with Crippen LogP contribution in [0.15, 0.2) is 48.8 Å². The number of benzene rings is 2. The minimum absolute atomic E-state index is 0.0939. The average molecular weight is 477 g/mol. The second-order valence-corrected chi connectivity index (χ2v) is 8.13. The van der Waals surface area contributed by atoms with E-state index in [-0.39, 0.29) is 17.8 Å². The van der Waals surface area contributed by atoms with Crippen molar-refractivity contribution in [2.45, 2.75) is 40.5 Å². The second kappa shape index (κ2) is 12.0. The van der Waals surface area contributed by atoms with Gasteiger partial charge in [-0.2, -0.15) is 0 Å². The van der Waals surface area contributed by atoms with Crippen molar-refractivity contribution in [3.8, 4) is 17.5 Å². The van der Waals surface area contributed by atoms with Crippen molar-refractivity contribution < 1.29 is 19.1 Å². The molecule has 0 aliphatic carbocycles. The first-order valence-corrected chi connectivity index (χ1v) is 11.7. The van der Waals surface area contributed by atoms with Crippen LogP contribution in [-0.4, -0.2) is 46.9 Å². The molecule has 0 unspecified atom stereocenters. The summed E-state index contributed by atoms with van der Waals surface area (Å²) in [6.07, 6.45) is 3.88. The molecule has 0 aliphatic heterocycles. The fourth-order valence-corrected chi connectivity index (χ4v) is 3.72. The van der Waals surface area contributed by atoms with Crippen LogP contribution in [0.5, 0.6) is 17.5 Å². The summed E-state index contributed by atoms with van der Waals surface area (Å²) >= 11 is 0. The van der Waals surface area contributed by atoms with Crippen LogP contribution in [0.25, 0.3) is 0 Å². The first-order valence-electron chi connectivity index (χ1n) is 11.7. The van der Waals surface area contributed by atoms with Gasteiger partial charge in [-0.05, 0) is 62.9 Å². The van der Waals surface area contributed by atoms with Gasteiger partial charge in [0.15, 0.2) is 11.5 Å². The van der Waals surface area contributed by atoms with Gasteiger partial charge in [0.2, 0.25) is 5.91 Å². The number of aryl methyl sites for hydroxylation is 3. The zero-order chi connectivity index (χ0) is 25.4. The number of para-hydroxylation sites is 1. The molecule has 3 rings (SSSR count). The van der Waals surface area contributed by atoms with Gasteiger partial charge in [0.05, 0.1) is 12.7 Å². The van der Waals surface area contributed by atoms with Crippen LogP contribution >= 0.6 is 0 Å². The molecule has 8 nitrogen and oxygen atoms in total. The molecule has 0 saturated heterocycles. The van der Waals surface area contributed by atoms with E-state index in [1.54, 1.807) is 13.2 Å². The summed E-state index contributed by atoms with van der Waals surface area (Å²) < 4.78 is 11.3. The van der Waals surface area contributed by atoms with E-state index in [1.807, 2.05) is 62.9 Å². The molecule has 0 saturated carbocycles. The SMILES string of the molecule is CCN(CC)C(=O)CCc1ccc(Oc2ncc(C(=O)Nc3c(C)cccc3C)cn2)c(OC)c1. The van der Waals surface area contributed by atoms with E-state index in [4.69, 9.17) is 9.47 Å². The summed E-state index contributed by atoms with van der Waals surface area (Å²) in [6, 6.07) is 11.4. The maximum Gasteiger partial charge on any atom is 0.322 e. The summed E-state index contributed by atoms with van der Waals surface area (Å²) in [5.41, 5.74) is 4.02. The van der Waals surface area contributed by atoms with Crippen molar-refractivity contribution in [2.24, 2.45) is 0 Å². The summed E-state index contributed by atoms with van der Waals surface area (Å²) in [5, 5.41) is 2.92. The zero-order valence-corrected chi connectivity index (χ0v) is 20.9. The van der Waals surface area contributed by atoms with Gasteiger partial charge in [-0.15, -0.1) is 0 Å². The number of hydrogen-bond donors (Lipinski definition) is 1. The van der Waals surface area contributed by atoms with E-state index >= 15 is 0 Å². The lowest BCUT2D eigenvalue weighted by molar-refractivity contribution is -0.130. The van der Waals surface area contributed by atoms with Gasteiger partial charge < -0.3 is 19.7 Å². The van der Waals surface area contributed by atoms with E-state index < -0.39 is 0 Å². The van der Waals surface area contributed by atoms with Crippen LogP contribution < -0.4 is 14.8 Å². The summed E-state index contributed by atoms with van der Waals surface area (Å²) in [4.78, 5) is 35.1. The minimum atomic E-state index is -0.296. The van der Waals surface area contributed by atoms with Crippen molar-refractivity contribution in [3.63, 3.8) is 0 Å². The van der Waals surface area contributed by atoms with Crippen LogP contribution in [0.1, 0.15) is 47.3 Å². The highest BCUT2D eigenvalue weighted by molar-refractivity contribution is 6.04. The molecule has 0 radical (unpaired) electrons. The largest absolute Gasteiger partial charge is 0.493 e. The van der Waals surface area contributed by atoms with Gasteiger partial charge in [0.1, 0.15) is 0 Å². The molecule has 35 heavy (non-hydrogen) atoms. The molecule has 1 heterocycles. The van der Waals surface area contributed by atoms with Crippen LogP contribution in [0.2, 0.25) is 0 Å². The molecular formula is C27H32N4O4. The molecule has 3 aromatic rings. The van der Waals surface area contributed by atoms with Crippen LogP contribution in [-0.2, 0) is 11.2 Å². The highest BCUT2D eigenvalue weighted by Crippen LogP contribution is 2.31. The Morgan fingerprint density at radius 1 is 0.971 bits per heavy atom. The maximum absolute atomic E-state index is 12.6. The number of rotatable bonds is 10. The van der Waals surface area contributed by atoms with Crippen molar-refractivity contribution >= 4 is 17.5 Å². The quantitative estimate of drug-likeness (QED) is 0.445. The third-order valence-electron chi connectivity index (χ3n) is 5.78. The smallest absolute Gasteiger partial charge is 0.322 e. The number of anilines is 1. The van der Waals surface area contributed by atoms with E-state index in [1.165, 1.54) is 12.4 Å². The number of hydrogen-bond acceptors (Lipinski definition) is 6. The number of aromatic nitrogens is 2. The topological polar surface area (TPSA) is 93.7 Å². The molecule has 0 aliphatic rings. The van der Waals surface area contributed by atoms with Crippen molar-refractivity contribution in [2.75, 3.05) is 25.5 Å². The van der Waals surface area contributed by atoms with Crippen LogP contribution in [0, 0.1) is 13.8 Å². The summed E-state index contributed by atoms with van der Waals surface area (Å²) in [5.74, 6) is 0.789. The van der Waals surface area contributed by atoms with Crippen molar-refractivity contribution in [1.82, 2.24) is 14.9 Å². The minimum Gasteiger partial charge on any atom is -0.493 e. The third kappa shape index (κ3) is 6.56. The standard InChI is InChI=1S/C27H32N4O4/c1-6-31(7-2)24(32)14-12-20-11-13-22(23(15-20)34-5)35-27-28-16-21(17-29-27)26(33)30-25-18(3)9-8-10-19(25)4/h8-11,13,15-17H,6-7,12,14H2,1-5H3,(H,30,33). The molecule has 184 valence electrons. The highest BCUT2D eigenvalue weighted by Gasteiger charge is 2.14. The highest BCUT2D eigenvalue weighted by atomic mass is 16.5. The van der Waals surface area contributed by atoms with E-state index in [0.717, 1.165) is 22.4 Å². The molecule has 1 aromatic heterocycles. The molecule has 2 amide bonds. The van der Waals surface area contributed by atoms with E-state index in [9.17, 15) is 9.59 Å². The number of amides is 2. The molecule has 8 heteroatoms. The Hall–Kier alpha value is -3.94. The lowest BCUT2D eigenvalue weighted by Crippen LogP contribution is -2.30. The summed E-state index contributed by atoms with van der Waals surface area (Å²) in [7, 11) is 1.55. The van der Waals surface area contributed by atoms with Gasteiger partial charge >= 0.3 is 6.01 Å². The average Bonchev–Trinajstić information content (AvgIpc) is 2.86. The Kier molecular flexibility index (Phi) is 8.78. The predicted octanol–water partition coefficient (Wildman–Crippen LogP) is 4.95. The Labute approximate surface area is 206 Å². The first kappa shape index (κ1) is 25.7. The Morgan fingerprint density at radius 3 is 2.23 bits per heavy atom. The number of carbonyl (C=O) groups excluding carboxylic acids is 2. The number of ether oxygens (including phenoxy) is 2. The maximum atomic E-state index is 12.6. The lowest BCUT2D eigenvalue weighted by atomic mass is 10.1. The van der Waals surface area contributed by atoms with Gasteiger partial charge in [-0.25, -0.2) is 9.97 Å². The Balaban J connectivity index is 1.65. The van der Waals surface area contributed by atoms with E-state index in [2.05, 4.69) is 15.3 Å². The second-order valence-electron chi connectivity index (χ2n) is 8.13. The van der Waals surface area contributed by atoms with Gasteiger partial charge in [0, 0.05) is 37.6 Å². The van der Waals surface area contributed by atoms with Gasteiger partial charge in [-0.1, -0.05) is 24.3 Å². The molecule has 0 atom stereocenters. The molecule has 2 aromatic carbocycles. The molecule has 0 bridgehead atoms. The Bertz CT molecular complexity index is 1150. The monoisotopic (exact) mass is 476 g/mol. The third-order valence-corrected chi connectivity index (χ3v) is 5.78. The normalized spacial score (nSPS) is 10.5. The van der Waals surface area contributed by atoms with Crippen molar-refractivity contribution in [3.05, 3.63) is 71.0 Å². The fourth-order valence-electron chi connectivity index (χ4n) is 3.72. The molecule has 0 fully saturated rings. The van der Waals surface area contributed by atoms with Gasteiger partial charge in [-0.3, -0.25) is 9.59 Å². The van der Waals surface area contributed by atoms with Crippen LogP contribution in [0.3, 0.4) is 0 Å². The number of nitrogens with zero attached hydrogens (tertiary/aromatic N) is 3.